The van der Waals surface area contributed by atoms with E-state index in [1.807, 2.05) is 38.1 Å². The maximum atomic E-state index is 6.04. The van der Waals surface area contributed by atoms with Gasteiger partial charge in [-0.2, -0.15) is 0 Å². The molecule has 1 unspecified atom stereocenters. The second-order valence-electron chi connectivity index (χ2n) is 3.44. The Labute approximate surface area is 102 Å². The summed E-state index contributed by atoms with van der Waals surface area (Å²) in [7, 11) is 0. The monoisotopic (exact) mass is 317 g/mol. The number of hydrogen-bond donors (Lipinski definition) is 1. The molecule has 0 saturated carbocycles. The summed E-state index contributed by atoms with van der Waals surface area (Å²) < 4.78 is 2.10. The lowest BCUT2D eigenvalue weighted by Gasteiger charge is -2.10. The molecule has 0 bridgehead atoms. The number of halogens is 2. The second-order valence-corrected chi connectivity index (χ2v) is 5.21. The van der Waals surface area contributed by atoms with E-state index in [9.17, 15) is 0 Å². The topological polar surface area (TPSA) is 26.0 Å². The molecule has 0 heterocycles. The largest absolute Gasteiger partial charge is 0.321 e. The molecule has 1 rings (SSSR count). The summed E-state index contributed by atoms with van der Waals surface area (Å²) in [5, 5.41) is 0. The molecule has 1 aromatic rings. The fraction of sp³-hybridized carbons (Fsp3) is 0.273. The van der Waals surface area contributed by atoms with E-state index in [0.717, 1.165) is 14.5 Å². The number of nitrogens with two attached hydrogens (primary N) is 1. The molecule has 0 radical (unpaired) electrons. The van der Waals surface area contributed by atoms with Crippen LogP contribution >= 0.6 is 31.9 Å². The molecule has 0 aliphatic rings. The minimum absolute atomic E-state index is 0.0492. The zero-order valence-electron chi connectivity index (χ0n) is 8.22. The molecule has 0 aliphatic carbocycles. The van der Waals surface area contributed by atoms with Gasteiger partial charge in [0.05, 0.1) is 0 Å². The fourth-order valence-corrected chi connectivity index (χ4v) is 2.11. The molecule has 0 fully saturated rings. The van der Waals surface area contributed by atoms with Gasteiger partial charge in [-0.1, -0.05) is 43.5 Å². The van der Waals surface area contributed by atoms with E-state index in [2.05, 4.69) is 31.9 Å². The van der Waals surface area contributed by atoms with Crippen molar-refractivity contribution in [1.82, 2.24) is 0 Å². The van der Waals surface area contributed by atoms with E-state index < -0.39 is 0 Å². The van der Waals surface area contributed by atoms with Crippen LogP contribution in [0.15, 0.2) is 38.8 Å². The van der Waals surface area contributed by atoms with Crippen molar-refractivity contribution in [2.24, 2.45) is 5.73 Å². The summed E-state index contributed by atoms with van der Waals surface area (Å²) in [6.45, 7) is 4.09. The van der Waals surface area contributed by atoms with Crippen molar-refractivity contribution in [3.8, 4) is 0 Å². The Kier molecular flexibility index (Phi) is 4.35. The predicted molar refractivity (Wildman–Crippen MR) is 68.2 cm³/mol. The van der Waals surface area contributed by atoms with E-state index in [4.69, 9.17) is 5.73 Å². The van der Waals surface area contributed by atoms with Crippen LogP contribution in [0.3, 0.4) is 0 Å². The van der Waals surface area contributed by atoms with Crippen molar-refractivity contribution in [2.45, 2.75) is 19.9 Å². The first kappa shape index (κ1) is 12.0. The average molecular weight is 319 g/mol. The Bertz CT molecular complexity index is 354. The normalized spacial score (nSPS) is 12.4. The third-order valence-electron chi connectivity index (χ3n) is 1.83. The molecule has 1 aromatic carbocycles. The van der Waals surface area contributed by atoms with E-state index in [1.54, 1.807) is 0 Å². The van der Waals surface area contributed by atoms with Crippen LogP contribution in [0.25, 0.3) is 0 Å². The number of benzene rings is 1. The minimum Gasteiger partial charge on any atom is -0.321 e. The van der Waals surface area contributed by atoms with Gasteiger partial charge in [-0.25, -0.2) is 0 Å². The molecule has 0 spiro atoms. The minimum atomic E-state index is -0.0492. The van der Waals surface area contributed by atoms with Crippen molar-refractivity contribution >= 4 is 31.9 Å². The van der Waals surface area contributed by atoms with E-state index in [0.29, 0.717) is 0 Å². The van der Waals surface area contributed by atoms with Gasteiger partial charge in [-0.15, -0.1) is 0 Å². The molecule has 1 nitrogen and oxygen atoms in total. The average Bonchev–Trinajstić information content (AvgIpc) is 2.08. The van der Waals surface area contributed by atoms with Crippen molar-refractivity contribution < 1.29 is 0 Å². The molecule has 14 heavy (non-hydrogen) atoms. The highest BCUT2D eigenvalue weighted by molar-refractivity contribution is 9.11. The van der Waals surface area contributed by atoms with Crippen LogP contribution in [0.2, 0.25) is 0 Å². The summed E-state index contributed by atoms with van der Waals surface area (Å²) in [6, 6.07) is 5.97. The highest BCUT2D eigenvalue weighted by atomic mass is 79.9. The molecule has 76 valence electrons. The van der Waals surface area contributed by atoms with E-state index in [-0.39, 0.29) is 6.04 Å². The van der Waals surface area contributed by atoms with Gasteiger partial charge in [-0.3, -0.25) is 0 Å². The lowest BCUT2D eigenvalue weighted by molar-refractivity contribution is 0.892. The maximum Gasteiger partial charge on any atom is 0.0495 e. The van der Waals surface area contributed by atoms with Crippen LogP contribution in [0, 0.1) is 0 Å². The third kappa shape index (κ3) is 3.23. The molecule has 0 aliphatic heterocycles. The van der Waals surface area contributed by atoms with Crippen molar-refractivity contribution in [3.05, 3.63) is 44.4 Å². The third-order valence-corrected chi connectivity index (χ3v) is 3.05. The highest BCUT2D eigenvalue weighted by Gasteiger charge is 2.07. The van der Waals surface area contributed by atoms with E-state index in [1.165, 1.54) is 5.57 Å². The SMILES string of the molecule is CC(C)=CC(N)c1cc(Br)ccc1Br. The molecule has 0 amide bonds. The van der Waals surface area contributed by atoms with Gasteiger partial charge in [0.2, 0.25) is 0 Å². The zero-order valence-corrected chi connectivity index (χ0v) is 11.4. The van der Waals surface area contributed by atoms with Crippen LogP contribution < -0.4 is 5.73 Å². The van der Waals surface area contributed by atoms with Gasteiger partial charge in [0, 0.05) is 15.0 Å². The summed E-state index contributed by atoms with van der Waals surface area (Å²) in [5.41, 5.74) is 8.36. The van der Waals surface area contributed by atoms with Crippen LogP contribution in [-0.2, 0) is 0 Å². The maximum absolute atomic E-state index is 6.04. The Balaban J connectivity index is 3.05. The molecule has 1 atom stereocenters. The number of allylic oxidation sites excluding steroid dienone is 1. The van der Waals surface area contributed by atoms with Gasteiger partial charge < -0.3 is 5.73 Å². The van der Waals surface area contributed by atoms with Crippen molar-refractivity contribution in [2.75, 3.05) is 0 Å². The smallest absolute Gasteiger partial charge is 0.0495 e. The van der Waals surface area contributed by atoms with Gasteiger partial charge in [-0.05, 0) is 37.6 Å². The van der Waals surface area contributed by atoms with Gasteiger partial charge in [0.1, 0.15) is 0 Å². The molecular formula is C11H13Br2N. The summed E-state index contributed by atoms with van der Waals surface area (Å²) in [4.78, 5) is 0. The Morgan fingerprint density at radius 2 is 2.00 bits per heavy atom. The Morgan fingerprint density at radius 1 is 1.36 bits per heavy atom. The fourth-order valence-electron chi connectivity index (χ4n) is 1.22. The lowest BCUT2D eigenvalue weighted by atomic mass is 10.1. The van der Waals surface area contributed by atoms with Crippen LogP contribution in [0.4, 0.5) is 0 Å². The van der Waals surface area contributed by atoms with E-state index >= 15 is 0 Å². The second kappa shape index (κ2) is 5.10. The molecular weight excluding hydrogens is 306 g/mol. The summed E-state index contributed by atoms with van der Waals surface area (Å²) >= 11 is 6.92. The Morgan fingerprint density at radius 3 is 2.57 bits per heavy atom. The predicted octanol–water partition coefficient (Wildman–Crippen LogP) is 4.18. The van der Waals surface area contributed by atoms with Crippen LogP contribution in [0.5, 0.6) is 0 Å². The quantitative estimate of drug-likeness (QED) is 0.813. The molecule has 0 aromatic heterocycles. The molecule has 3 heteroatoms. The first-order valence-corrected chi connectivity index (χ1v) is 5.95. The van der Waals surface area contributed by atoms with Gasteiger partial charge in [0.15, 0.2) is 0 Å². The Hall–Kier alpha value is -0.120. The number of hydrogen-bond acceptors (Lipinski definition) is 1. The number of rotatable bonds is 2. The van der Waals surface area contributed by atoms with Gasteiger partial charge in [0.25, 0.3) is 0 Å². The van der Waals surface area contributed by atoms with Crippen molar-refractivity contribution in [1.29, 1.82) is 0 Å². The lowest BCUT2D eigenvalue weighted by Crippen LogP contribution is -2.08. The van der Waals surface area contributed by atoms with Crippen molar-refractivity contribution in [3.63, 3.8) is 0 Å². The molecule has 2 N–H and O–H groups in total. The zero-order chi connectivity index (χ0) is 10.7. The highest BCUT2D eigenvalue weighted by Crippen LogP contribution is 2.26. The first-order chi connectivity index (χ1) is 6.50. The summed E-state index contributed by atoms with van der Waals surface area (Å²) in [6.07, 6.45) is 2.05. The first-order valence-electron chi connectivity index (χ1n) is 4.36. The van der Waals surface area contributed by atoms with Crippen LogP contribution in [0.1, 0.15) is 25.5 Å². The van der Waals surface area contributed by atoms with Gasteiger partial charge >= 0.3 is 0 Å². The molecule has 0 saturated heterocycles. The van der Waals surface area contributed by atoms with Crippen LogP contribution in [-0.4, -0.2) is 0 Å². The summed E-state index contributed by atoms with van der Waals surface area (Å²) in [5.74, 6) is 0. The standard InChI is InChI=1S/C11H13Br2N/c1-7(2)5-11(14)9-6-8(12)3-4-10(9)13/h3-6,11H,14H2,1-2H3.